The number of alkyl halides is 3. The van der Waals surface area contributed by atoms with Crippen molar-refractivity contribution in [3.05, 3.63) is 0 Å². The molecule has 0 aliphatic carbocycles. The van der Waals surface area contributed by atoms with E-state index in [9.17, 15) is 18.0 Å². The first-order chi connectivity index (χ1) is 7.26. The van der Waals surface area contributed by atoms with E-state index in [2.05, 4.69) is 0 Å². The first-order valence-electron chi connectivity index (χ1n) is 4.89. The van der Waals surface area contributed by atoms with E-state index in [0.29, 0.717) is 0 Å². The van der Waals surface area contributed by atoms with Crippen LogP contribution in [0, 0.1) is 0 Å². The number of carboxylic acids is 1. The minimum Gasteiger partial charge on any atom is -0.481 e. The molecule has 96 valence electrons. The van der Waals surface area contributed by atoms with Crippen LogP contribution in [-0.2, 0) is 4.79 Å². The van der Waals surface area contributed by atoms with Gasteiger partial charge in [-0.3, -0.25) is 9.69 Å². The van der Waals surface area contributed by atoms with Crippen LogP contribution in [0.5, 0.6) is 0 Å². The van der Waals surface area contributed by atoms with Crippen molar-refractivity contribution in [2.45, 2.75) is 32.0 Å². The number of carboxylic acid groups (broad SMARTS) is 1. The predicted octanol–water partition coefficient (Wildman–Crippen LogP) is 1.10. The Balaban J connectivity index is 4.23. The third-order valence-electron chi connectivity index (χ3n) is 2.17. The molecule has 1 unspecified atom stereocenters. The average Bonchev–Trinajstić information content (AvgIpc) is 2.11. The van der Waals surface area contributed by atoms with Gasteiger partial charge in [0, 0.05) is 19.0 Å². The van der Waals surface area contributed by atoms with Gasteiger partial charge in [0.05, 0.1) is 13.2 Å². The Morgan fingerprint density at radius 1 is 1.44 bits per heavy atom. The normalized spacial score (nSPS) is 14.1. The Bertz CT molecular complexity index is 221. The summed E-state index contributed by atoms with van der Waals surface area (Å²) in [7, 11) is 0. The molecule has 0 amide bonds. The maximum Gasteiger partial charge on any atom is 0.401 e. The predicted molar refractivity (Wildman–Crippen MR) is 51.0 cm³/mol. The second kappa shape index (κ2) is 6.70. The number of halogens is 3. The smallest absolute Gasteiger partial charge is 0.401 e. The van der Waals surface area contributed by atoms with Gasteiger partial charge >= 0.3 is 12.1 Å². The van der Waals surface area contributed by atoms with E-state index in [-0.39, 0.29) is 26.0 Å². The number of carbonyl (C=O) groups is 1. The summed E-state index contributed by atoms with van der Waals surface area (Å²) in [5.74, 6) is -1.04. The average molecular weight is 243 g/mol. The summed E-state index contributed by atoms with van der Waals surface area (Å²) in [5.41, 5.74) is 0. The van der Waals surface area contributed by atoms with Gasteiger partial charge in [0.25, 0.3) is 0 Å². The highest BCUT2D eigenvalue weighted by atomic mass is 19.4. The number of aliphatic hydroxyl groups excluding tert-OH is 1. The summed E-state index contributed by atoms with van der Waals surface area (Å²) in [4.78, 5) is 11.3. The highest BCUT2D eigenvalue weighted by molar-refractivity contribution is 5.66. The van der Waals surface area contributed by atoms with E-state index in [0.717, 1.165) is 4.90 Å². The van der Waals surface area contributed by atoms with Crippen LogP contribution >= 0.6 is 0 Å². The molecule has 16 heavy (non-hydrogen) atoms. The lowest BCUT2D eigenvalue weighted by molar-refractivity contribution is -0.151. The fourth-order valence-electron chi connectivity index (χ4n) is 1.33. The molecule has 0 fully saturated rings. The van der Waals surface area contributed by atoms with E-state index in [1.54, 1.807) is 0 Å². The largest absolute Gasteiger partial charge is 0.481 e. The van der Waals surface area contributed by atoms with Crippen molar-refractivity contribution in [1.29, 1.82) is 0 Å². The highest BCUT2D eigenvalue weighted by Gasteiger charge is 2.32. The zero-order valence-electron chi connectivity index (χ0n) is 9.00. The van der Waals surface area contributed by atoms with E-state index in [1.807, 2.05) is 0 Å². The van der Waals surface area contributed by atoms with Crippen LogP contribution in [0.2, 0.25) is 0 Å². The van der Waals surface area contributed by atoms with Gasteiger partial charge in [0.15, 0.2) is 0 Å². The fourth-order valence-corrected chi connectivity index (χ4v) is 1.33. The Hall–Kier alpha value is -0.820. The summed E-state index contributed by atoms with van der Waals surface area (Å²) >= 11 is 0. The van der Waals surface area contributed by atoms with Crippen molar-refractivity contribution < 1.29 is 28.2 Å². The second-order valence-electron chi connectivity index (χ2n) is 3.59. The number of hydrogen-bond donors (Lipinski definition) is 2. The lowest BCUT2D eigenvalue weighted by atomic mass is 10.1. The standard InChI is InChI=1S/C9H16F3NO3/c1-7(2-3-8(15)16)13(4-5-14)6-9(10,11)12/h7,14H,2-6H2,1H3,(H,15,16). The SMILES string of the molecule is CC(CCC(=O)O)N(CCO)CC(F)(F)F. The summed E-state index contributed by atoms with van der Waals surface area (Å²) < 4.78 is 36.4. The van der Waals surface area contributed by atoms with Gasteiger partial charge < -0.3 is 10.2 Å². The summed E-state index contributed by atoms with van der Waals surface area (Å²) in [6.45, 7) is -0.105. The van der Waals surface area contributed by atoms with E-state index < -0.39 is 24.7 Å². The molecule has 0 aromatic heterocycles. The molecular formula is C9H16F3NO3. The molecular weight excluding hydrogens is 227 g/mol. The van der Waals surface area contributed by atoms with E-state index in [1.165, 1.54) is 6.92 Å². The lowest BCUT2D eigenvalue weighted by Crippen LogP contribution is -2.42. The number of aliphatic hydroxyl groups is 1. The van der Waals surface area contributed by atoms with E-state index in [4.69, 9.17) is 10.2 Å². The third kappa shape index (κ3) is 7.47. The first-order valence-corrected chi connectivity index (χ1v) is 4.89. The van der Waals surface area contributed by atoms with Crippen molar-refractivity contribution in [2.75, 3.05) is 19.7 Å². The highest BCUT2D eigenvalue weighted by Crippen LogP contribution is 2.19. The van der Waals surface area contributed by atoms with Crippen LogP contribution in [0.15, 0.2) is 0 Å². The van der Waals surface area contributed by atoms with Gasteiger partial charge in [-0.15, -0.1) is 0 Å². The number of rotatable bonds is 7. The van der Waals surface area contributed by atoms with E-state index >= 15 is 0 Å². The summed E-state index contributed by atoms with van der Waals surface area (Å²) in [6.07, 6.45) is -4.39. The van der Waals surface area contributed by atoms with Gasteiger partial charge in [-0.1, -0.05) is 0 Å². The molecule has 0 rings (SSSR count). The zero-order valence-corrected chi connectivity index (χ0v) is 9.00. The number of hydrogen-bond acceptors (Lipinski definition) is 3. The van der Waals surface area contributed by atoms with Crippen LogP contribution in [0.4, 0.5) is 13.2 Å². The van der Waals surface area contributed by atoms with Crippen molar-refractivity contribution in [2.24, 2.45) is 0 Å². The second-order valence-corrected chi connectivity index (χ2v) is 3.59. The Morgan fingerprint density at radius 2 is 2.00 bits per heavy atom. The van der Waals surface area contributed by atoms with Gasteiger partial charge in [-0.05, 0) is 13.3 Å². The van der Waals surface area contributed by atoms with Crippen molar-refractivity contribution in [1.82, 2.24) is 4.90 Å². The monoisotopic (exact) mass is 243 g/mol. The van der Waals surface area contributed by atoms with Crippen LogP contribution < -0.4 is 0 Å². The van der Waals surface area contributed by atoms with Gasteiger partial charge in [0.2, 0.25) is 0 Å². The molecule has 7 heteroatoms. The molecule has 1 atom stereocenters. The molecule has 0 aromatic rings. The maximum absolute atomic E-state index is 12.1. The molecule has 0 spiro atoms. The zero-order chi connectivity index (χ0) is 12.8. The topological polar surface area (TPSA) is 60.8 Å². The number of nitrogens with zero attached hydrogens (tertiary/aromatic N) is 1. The molecule has 2 N–H and O–H groups in total. The molecule has 0 aromatic carbocycles. The molecule has 0 heterocycles. The minimum absolute atomic E-state index is 0.111. The van der Waals surface area contributed by atoms with Crippen LogP contribution in [-0.4, -0.2) is 53.0 Å². The fraction of sp³-hybridized carbons (Fsp3) is 0.889. The van der Waals surface area contributed by atoms with Crippen molar-refractivity contribution in [3.8, 4) is 0 Å². The lowest BCUT2D eigenvalue weighted by Gasteiger charge is -2.28. The van der Waals surface area contributed by atoms with Crippen molar-refractivity contribution in [3.63, 3.8) is 0 Å². The maximum atomic E-state index is 12.1. The third-order valence-corrected chi connectivity index (χ3v) is 2.17. The van der Waals surface area contributed by atoms with Crippen LogP contribution in [0.1, 0.15) is 19.8 Å². The Labute approximate surface area is 91.7 Å². The molecule has 0 radical (unpaired) electrons. The number of aliphatic carboxylic acids is 1. The Kier molecular flexibility index (Phi) is 6.35. The van der Waals surface area contributed by atoms with Gasteiger partial charge in [-0.25, -0.2) is 0 Å². The van der Waals surface area contributed by atoms with Crippen LogP contribution in [0.25, 0.3) is 0 Å². The molecule has 0 aliphatic rings. The summed E-state index contributed by atoms with van der Waals surface area (Å²) in [5, 5.41) is 17.1. The van der Waals surface area contributed by atoms with Gasteiger partial charge in [0.1, 0.15) is 0 Å². The molecule has 4 nitrogen and oxygen atoms in total. The molecule has 0 aliphatic heterocycles. The molecule has 0 saturated carbocycles. The Morgan fingerprint density at radius 3 is 2.38 bits per heavy atom. The van der Waals surface area contributed by atoms with Gasteiger partial charge in [-0.2, -0.15) is 13.2 Å². The quantitative estimate of drug-likeness (QED) is 0.702. The minimum atomic E-state index is -4.34. The molecule has 0 bridgehead atoms. The first kappa shape index (κ1) is 15.2. The summed E-state index contributed by atoms with van der Waals surface area (Å²) in [6, 6.07) is -0.523. The van der Waals surface area contributed by atoms with Crippen LogP contribution in [0.3, 0.4) is 0 Å². The van der Waals surface area contributed by atoms with Crippen molar-refractivity contribution >= 4 is 5.97 Å². The molecule has 0 saturated heterocycles.